The highest BCUT2D eigenvalue weighted by Crippen LogP contribution is 2.35. The van der Waals surface area contributed by atoms with Crippen molar-refractivity contribution in [3.8, 4) is 11.1 Å². The Morgan fingerprint density at radius 3 is 2.47 bits per heavy atom. The Kier molecular flexibility index (Phi) is 5.32. The Morgan fingerprint density at radius 1 is 1.13 bits per heavy atom. The molecule has 2 N–H and O–H groups in total. The number of hydrogen-bond acceptors (Lipinski definition) is 4. The van der Waals surface area contributed by atoms with Crippen LogP contribution in [0, 0.1) is 18.6 Å². The summed E-state index contributed by atoms with van der Waals surface area (Å²) in [5, 5.41) is 12.3. The standard InChI is InChI=1S/C23H20F2N2O3/c1-14-8-16(11-28)19(10-26-14)15-2-4-17(5-3-15)23(12-30-13-23)22(29)27-18-6-7-20(24)21(25)9-18/h2-10,28H,11-13H2,1H3,(H,27,29). The van der Waals surface area contributed by atoms with Crippen molar-refractivity contribution in [1.29, 1.82) is 0 Å². The Bertz CT molecular complexity index is 1100. The number of nitrogens with zero attached hydrogens (tertiary/aromatic N) is 1. The third-order valence-electron chi connectivity index (χ3n) is 5.35. The number of carbonyl (C=O) groups excluding carboxylic acids is 1. The first-order valence-electron chi connectivity index (χ1n) is 9.44. The average molecular weight is 410 g/mol. The number of anilines is 1. The lowest BCUT2D eigenvalue weighted by atomic mass is 9.77. The summed E-state index contributed by atoms with van der Waals surface area (Å²) in [6.07, 6.45) is 1.72. The largest absolute Gasteiger partial charge is 0.392 e. The smallest absolute Gasteiger partial charge is 0.239 e. The molecule has 1 saturated heterocycles. The topological polar surface area (TPSA) is 71.5 Å². The van der Waals surface area contributed by atoms with Crippen LogP contribution in [0.25, 0.3) is 11.1 Å². The van der Waals surface area contributed by atoms with Gasteiger partial charge in [-0.2, -0.15) is 0 Å². The van der Waals surface area contributed by atoms with E-state index in [9.17, 15) is 18.7 Å². The van der Waals surface area contributed by atoms with Crippen LogP contribution < -0.4 is 5.32 Å². The Morgan fingerprint density at radius 2 is 1.87 bits per heavy atom. The number of pyridine rings is 1. The fourth-order valence-corrected chi connectivity index (χ4v) is 3.54. The van der Waals surface area contributed by atoms with Crippen molar-refractivity contribution >= 4 is 11.6 Å². The van der Waals surface area contributed by atoms with Gasteiger partial charge < -0.3 is 15.2 Å². The maximum atomic E-state index is 13.5. The van der Waals surface area contributed by atoms with Crippen LogP contribution >= 0.6 is 0 Å². The van der Waals surface area contributed by atoms with Crippen LogP contribution in [0.3, 0.4) is 0 Å². The quantitative estimate of drug-likeness (QED) is 0.672. The summed E-state index contributed by atoms with van der Waals surface area (Å²) >= 11 is 0. The predicted molar refractivity (Wildman–Crippen MR) is 108 cm³/mol. The number of aliphatic hydroxyl groups excluding tert-OH is 1. The minimum Gasteiger partial charge on any atom is -0.392 e. The highest BCUT2D eigenvalue weighted by Gasteiger charge is 2.47. The van der Waals surface area contributed by atoms with Crippen LogP contribution in [0.4, 0.5) is 14.5 Å². The van der Waals surface area contributed by atoms with E-state index in [0.29, 0.717) is 0 Å². The van der Waals surface area contributed by atoms with Gasteiger partial charge in [0.05, 0.1) is 19.8 Å². The molecule has 154 valence electrons. The monoisotopic (exact) mass is 410 g/mol. The highest BCUT2D eigenvalue weighted by molar-refractivity contribution is 6.00. The summed E-state index contributed by atoms with van der Waals surface area (Å²) in [4.78, 5) is 17.3. The van der Waals surface area contributed by atoms with E-state index in [1.807, 2.05) is 37.3 Å². The Labute approximate surface area is 172 Å². The molecule has 2 heterocycles. The normalized spacial score (nSPS) is 14.8. The van der Waals surface area contributed by atoms with Gasteiger partial charge in [-0.15, -0.1) is 0 Å². The van der Waals surface area contributed by atoms with Gasteiger partial charge in [0, 0.05) is 29.2 Å². The molecule has 0 unspecified atom stereocenters. The van der Waals surface area contributed by atoms with Crippen molar-refractivity contribution in [3.05, 3.63) is 83.2 Å². The molecule has 0 saturated carbocycles. The molecule has 2 aromatic carbocycles. The number of hydrogen-bond donors (Lipinski definition) is 2. The fourth-order valence-electron chi connectivity index (χ4n) is 3.54. The van der Waals surface area contributed by atoms with Gasteiger partial charge in [-0.05, 0) is 41.8 Å². The van der Waals surface area contributed by atoms with Crippen LogP contribution in [-0.2, 0) is 21.6 Å². The third-order valence-corrected chi connectivity index (χ3v) is 5.35. The lowest BCUT2D eigenvalue weighted by Gasteiger charge is -2.40. The number of ether oxygens (including phenoxy) is 1. The maximum Gasteiger partial charge on any atom is 0.239 e. The Balaban J connectivity index is 1.60. The van der Waals surface area contributed by atoms with Gasteiger partial charge in [0.1, 0.15) is 5.41 Å². The van der Waals surface area contributed by atoms with E-state index in [-0.39, 0.29) is 31.4 Å². The summed E-state index contributed by atoms with van der Waals surface area (Å²) in [5.74, 6) is -2.35. The van der Waals surface area contributed by atoms with Crippen molar-refractivity contribution in [1.82, 2.24) is 4.98 Å². The minimum absolute atomic E-state index is 0.102. The molecule has 5 nitrogen and oxygen atoms in total. The first kappa shape index (κ1) is 20.1. The summed E-state index contributed by atoms with van der Waals surface area (Å²) in [6, 6.07) is 12.5. The van der Waals surface area contributed by atoms with E-state index in [1.165, 1.54) is 6.07 Å². The van der Waals surface area contributed by atoms with Crippen molar-refractivity contribution in [2.45, 2.75) is 18.9 Å². The van der Waals surface area contributed by atoms with Gasteiger partial charge in [-0.3, -0.25) is 9.78 Å². The zero-order chi connectivity index (χ0) is 21.3. The third kappa shape index (κ3) is 3.58. The molecule has 0 bridgehead atoms. The van der Waals surface area contributed by atoms with Gasteiger partial charge in [0.2, 0.25) is 5.91 Å². The van der Waals surface area contributed by atoms with Crippen LogP contribution in [0.2, 0.25) is 0 Å². The second-order valence-corrected chi connectivity index (χ2v) is 7.38. The van der Waals surface area contributed by atoms with Gasteiger partial charge in [-0.1, -0.05) is 24.3 Å². The van der Waals surface area contributed by atoms with Gasteiger partial charge in [0.15, 0.2) is 11.6 Å². The molecular formula is C23H20F2N2O3. The molecule has 0 aliphatic carbocycles. The van der Waals surface area contributed by atoms with Crippen molar-refractivity contribution < 1.29 is 23.4 Å². The zero-order valence-corrected chi connectivity index (χ0v) is 16.3. The highest BCUT2D eigenvalue weighted by atomic mass is 19.2. The number of nitrogens with one attached hydrogen (secondary N) is 1. The molecule has 1 aliphatic heterocycles. The molecule has 0 radical (unpaired) electrons. The van der Waals surface area contributed by atoms with Gasteiger partial charge in [-0.25, -0.2) is 8.78 Å². The lowest BCUT2D eigenvalue weighted by Crippen LogP contribution is -2.55. The maximum absolute atomic E-state index is 13.5. The van der Waals surface area contributed by atoms with E-state index < -0.39 is 17.0 Å². The summed E-state index contributed by atoms with van der Waals surface area (Å²) in [5.41, 5.74) is 3.30. The number of aromatic nitrogens is 1. The zero-order valence-electron chi connectivity index (χ0n) is 16.3. The second kappa shape index (κ2) is 7.93. The molecule has 7 heteroatoms. The predicted octanol–water partition coefficient (Wildman–Crippen LogP) is 3.73. The average Bonchev–Trinajstić information content (AvgIpc) is 2.70. The number of carbonyl (C=O) groups is 1. The molecule has 3 aromatic rings. The molecule has 1 aliphatic rings. The van der Waals surface area contributed by atoms with Crippen LogP contribution in [-0.4, -0.2) is 29.2 Å². The molecule has 0 atom stereocenters. The second-order valence-electron chi connectivity index (χ2n) is 7.38. The van der Waals surface area contributed by atoms with Crippen molar-refractivity contribution in [2.75, 3.05) is 18.5 Å². The Hall–Kier alpha value is -3.16. The minimum atomic E-state index is -1.03. The lowest BCUT2D eigenvalue weighted by molar-refractivity contribution is -0.139. The van der Waals surface area contributed by atoms with Crippen LogP contribution in [0.15, 0.2) is 54.7 Å². The van der Waals surface area contributed by atoms with Crippen LogP contribution in [0.1, 0.15) is 16.8 Å². The van der Waals surface area contributed by atoms with Crippen molar-refractivity contribution in [2.24, 2.45) is 0 Å². The first-order chi connectivity index (χ1) is 14.4. The summed E-state index contributed by atoms with van der Waals surface area (Å²) < 4.78 is 31.9. The van der Waals surface area contributed by atoms with E-state index in [0.717, 1.165) is 40.1 Å². The van der Waals surface area contributed by atoms with E-state index >= 15 is 0 Å². The summed E-state index contributed by atoms with van der Waals surface area (Å²) in [6.45, 7) is 2.14. The number of aryl methyl sites for hydroxylation is 1. The van der Waals surface area contributed by atoms with Gasteiger partial charge >= 0.3 is 0 Å². The molecule has 30 heavy (non-hydrogen) atoms. The molecule has 4 rings (SSSR count). The van der Waals surface area contributed by atoms with E-state index in [4.69, 9.17) is 4.74 Å². The fraction of sp³-hybridized carbons (Fsp3) is 0.217. The number of amides is 1. The SMILES string of the molecule is Cc1cc(CO)c(-c2ccc(C3(C(=O)Nc4ccc(F)c(F)c4)COC3)cc2)cn1. The van der Waals surface area contributed by atoms with E-state index in [2.05, 4.69) is 10.3 Å². The molecule has 1 aromatic heterocycles. The number of halogens is 2. The van der Waals surface area contributed by atoms with Crippen LogP contribution in [0.5, 0.6) is 0 Å². The molecule has 1 fully saturated rings. The number of benzene rings is 2. The molecule has 1 amide bonds. The summed E-state index contributed by atoms with van der Waals surface area (Å²) in [7, 11) is 0. The number of rotatable bonds is 5. The molecular weight excluding hydrogens is 390 g/mol. The van der Waals surface area contributed by atoms with Gasteiger partial charge in [0.25, 0.3) is 0 Å². The molecule has 0 spiro atoms. The van der Waals surface area contributed by atoms with Crippen molar-refractivity contribution in [3.63, 3.8) is 0 Å². The van der Waals surface area contributed by atoms with E-state index in [1.54, 1.807) is 6.20 Å². The number of aliphatic hydroxyl groups is 1. The first-order valence-corrected chi connectivity index (χ1v) is 9.44.